The fourth-order valence-corrected chi connectivity index (χ4v) is 2.85. The van der Waals surface area contributed by atoms with Gasteiger partial charge in [-0.05, 0) is 43.4 Å². The zero-order valence-corrected chi connectivity index (χ0v) is 10.7. The number of hydrogen-bond donors (Lipinski definition) is 2. The first-order valence-electron chi connectivity index (χ1n) is 6.76. The summed E-state index contributed by atoms with van der Waals surface area (Å²) in [6.07, 6.45) is 5.70. The summed E-state index contributed by atoms with van der Waals surface area (Å²) in [5.41, 5.74) is 2.51. The maximum atomic E-state index is 9.88. The van der Waals surface area contributed by atoms with E-state index in [-0.39, 0.29) is 12.1 Å². The topological polar surface area (TPSA) is 32.3 Å². The molecule has 0 bridgehead atoms. The van der Waals surface area contributed by atoms with Crippen molar-refractivity contribution in [3.63, 3.8) is 0 Å². The molecule has 0 spiro atoms. The summed E-state index contributed by atoms with van der Waals surface area (Å²) < 4.78 is 0. The number of aliphatic hydroxyl groups is 1. The van der Waals surface area contributed by atoms with E-state index in [0.29, 0.717) is 0 Å². The quantitative estimate of drug-likeness (QED) is 0.784. The van der Waals surface area contributed by atoms with Crippen LogP contribution >= 0.6 is 0 Å². The molecule has 0 fully saturated rings. The Kier molecular flexibility index (Phi) is 4.19. The number of benzene rings is 1. The Labute approximate surface area is 104 Å². The SMILES string of the molecule is CCCNC1(CO)CCCCc2ccccc21. The lowest BCUT2D eigenvalue weighted by Crippen LogP contribution is -2.46. The van der Waals surface area contributed by atoms with Gasteiger partial charge in [-0.25, -0.2) is 0 Å². The number of rotatable bonds is 4. The molecule has 2 heteroatoms. The van der Waals surface area contributed by atoms with E-state index in [4.69, 9.17) is 0 Å². The molecule has 0 saturated heterocycles. The van der Waals surface area contributed by atoms with Gasteiger partial charge < -0.3 is 10.4 Å². The van der Waals surface area contributed by atoms with Gasteiger partial charge in [0.15, 0.2) is 0 Å². The fourth-order valence-electron chi connectivity index (χ4n) is 2.85. The minimum atomic E-state index is -0.205. The van der Waals surface area contributed by atoms with Crippen LogP contribution in [0.3, 0.4) is 0 Å². The van der Waals surface area contributed by atoms with Crippen molar-refractivity contribution in [3.05, 3.63) is 35.4 Å². The van der Waals surface area contributed by atoms with Crippen LogP contribution in [0.5, 0.6) is 0 Å². The molecule has 0 aromatic heterocycles. The largest absolute Gasteiger partial charge is 0.394 e. The van der Waals surface area contributed by atoms with Gasteiger partial charge in [0.25, 0.3) is 0 Å². The van der Waals surface area contributed by atoms with Gasteiger partial charge in [0.1, 0.15) is 0 Å². The minimum Gasteiger partial charge on any atom is -0.394 e. The van der Waals surface area contributed by atoms with E-state index < -0.39 is 0 Å². The maximum absolute atomic E-state index is 9.88. The summed E-state index contributed by atoms with van der Waals surface area (Å²) >= 11 is 0. The number of nitrogens with one attached hydrogen (secondary N) is 1. The lowest BCUT2D eigenvalue weighted by molar-refractivity contribution is 0.150. The van der Waals surface area contributed by atoms with E-state index in [2.05, 4.69) is 36.5 Å². The second kappa shape index (κ2) is 5.65. The van der Waals surface area contributed by atoms with Crippen LogP contribution in [0, 0.1) is 0 Å². The first-order chi connectivity index (χ1) is 8.32. The molecule has 1 aliphatic carbocycles. The van der Waals surface area contributed by atoms with Crippen molar-refractivity contribution < 1.29 is 5.11 Å². The molecule has 0 amide bonds. The van der Waals surface area contributed by atoms with Crippen LogP contribution in [0.1, 0.15) is 43.7 Å². The Morgan fingerprint density at radius 3 is 2.88 bits per heavy atom. The van der Waals surface area contributed by atoms with Crippen molar-refractivity contribution >= 4 is 0 Å². The molecule has 2 rings (SSSR count). The van der Waals surface area contributed by atoms with Crippen LogP contribution in [-0.2, 0) is 12.0 Å². The second-order valence-electron chi connectivity index (χ2n) is 5.03. The van der Waals surface area contributed by atoms with Crippen LogP contribution < -0.4 is 5.32 Å². The molecule has 1 unspecified atom stereocenters. The highest BCUT2D eigenvalue weighted by Gasteiger charge is 2.33. The molecular formula is C15H23NO. The number of hydrogen-bond acceptors (Lipinski definition) is 2. The van der Waals surface area contributed by atoms with Crippen molar-refractivity contribution in [3.8, 4) is 0 Å². The smallest absolute Gasteiger partial charge is 0.0671 e. The summed E-state index contributed by atoms with van der Waals surface area (Å²) in [5, 5.41) is 13.5. The van der Waals surface area contributed by atoms with Gasteiger partial charge in [0.05, 0.1) is 12.1 Å². The summed E-state index contributed by atoms with van der Waals surface area (Å²) in [6.45, 7) is 3.33. The lowest BCUT2D eigenvalue weighted by atomic mass is 9.85. The van der Waals surface area contributed by atoms with Gasteiger partial charge in [-0.1, -0.05) is 37.6 Å². The van der Waals surface area contributed by atoms with Gasteiger partial charge >= 0.3 is 0 Å². The van der Waals surface area contributed by atoms with Gasteiger partial charge in [0.2, 0.25) is 0 Å². The maximum Gasteiger partial charge on any atom is 0.0671 e. The fraction of sp³-hybridized carbons (Fsp3) is 0.600. The Morgan fingerprint density at radius 1 is 1.29 bits per heavy atom. The van der Waals surface area contributed by atoms with Crippen molar-refractivity contribution in [2.24, 2.45) is 0 Å². The highest BCUT2D eigenvalue weighted by molar-refractivity contribution is 5.35. The van der Waals surface area contributed by atoms with E-state index in [0.717, 1.165) is 25.8 Å². The van der Waals surface area contributed by atoms with Gasteiger partial charge in [-0.3, -0.25) is 0 Å². The molecule has 2 nitrogen and oxygen atoms in total. The molecule has 1 aliphatic rings. The van der Waals surface area contributed by atoms with Crippen LogP contribution in [0.2, 0.25) is 0 Å². The van der Waals surface area contributed by atoms with Crippen LogP contribution in [-0.4, -0.2) is 18.3 Å². The Balaban J connectivity index is 2.36. The summed E-state index contributed by atoms with van der Waals surface area (Å²) in [6, 6.07) is 8.58. The molecule has 17 heavy (non-hydrogen) atoms. The summed E-state index contributed by atoms with van der Waals surface area (Å²) in [4.78, 5) is 0. The molecule has 1 atom stereocenters. The third-order valence-electron chi connectivity index (χ3n) is 3.82. The molecule has 0 radical (unpaired) electrons. The first-order valence-corrected chi connectivity index (χ1v) is 6.76. The normalized spacial score (nSPS) is 24.1. The molecule has 0 aliphatic heterocycles. The number of aryl methyl sites for hydroxylation is 1. The summed E-state index contributed by atoms with van der Waals surface area (Å²) in [7, 11) is 0. The molecule has 94 valence electrons. The molecule has 0 saturated carbocycles. The van der Waals surface area contributed by atoms with E-state index in [1.165, 1.54) is 24.0 Å². The minimum absolute atomic E-state index is 0.198. The first kappa shape index (κ1) is 12.6. The predicted molar refractivity (Wildman–Crippen MR) is 71.1 cm³/mol. The van der Waals surface area contributed by atoms with Crippen molar-refractivity contribution in [1.82, 2.24) is 5.32 Å². The lowest BCUT2D eigenvalue weighted by Gasteiger charge is -2.34. The van der Waals surface area contributed by atoms with Crippen LogP contribution in [0.4, 0.5) is 0 Å². The highest BCUT2D eigenvalue weighted by Crippen LogP contribution is 2.33. The predicted octanol–water partition coefficient (Wildman–Crippen LogP) is 2.60. The van der Waals surface area contributed by atoms with Crippen LogP contribution in [0.25, 0.3) is 0 Å². The van der Waals surface area contributed by atoms with Crippen molar-refractivity contribution in [2.45, 2.75) is 44.6 Å². The molecule has 2 N–H and O–H groups in total. The van der Waals surface area contributed by atoms with Crippen molar-refractivity contribution in [1.29, 1.82) is 0 Å². The van der Waals surface area contributed by atoms with Crippen molar-refractivity contribution in [2.75, 3.05) is 13.2 Å². The molecule has 1 aromatic rings. The molecular weight excluding hydrogens is 210 g/mol. The third kappa shape index (κ3) is 2.53. The standard InChI is InChI=1S/C15H23NO/c1-2-11-16-15(12-17)10-6-5-8-13-7-3-4-9-14(13)15/h3-4,7,9,16-17H,2,5-6,8,10-12H2,1H3. The molecule has 0 heterocycles. The third-order valence-corrected chi connectivity index (χ3v) is 3.82. The summed E-state index contributed by atoms with van der Waals surface area (Å²) in [5.74, 6) is 0. The monoisotopic (exact) mass is 233 g/mol. The Bertz CT molecular complexity index is 364. The van der Waals surface area contributed by atoms with E-state index in [9.17, 15) is 5.11 Å². The average Bonchev–Trinajstić information content (AvgIpc) is 2.57. The average molecular weight is 233 g/mol. The zero-order chi connectivity index (χ0) is 12.1. The highest BCUT2D eigenvalue weighted by atomic mass is 16.3. The number of aliphatic hydroxyl groups excluding tert-OH is 1. The Morgan fingerprint density at radius 2 is 2.12 bits per heavy atom. The van der Waals surface area contributed by atoms with Crippen LogP contribution in [0.15, 0.2) is 24.3 Å². The number of fused-ring (bicyclic) bond motifs is 1. The van der Waals surface area contributed by atoms with Gasteiger partial charge in [-0.15, -0.1) is 0 Å². The second-order valence-corrected chi connectivity index (χ2v) is 5.03. The molecule has 1 aromatic carbocycles. The zero-order valence-electron chi connectivity index (χ0n) is 10.7. The van der Waals surface area contributed by atoms with E-state index in [1.54, 1.807) is 0 Å². The van der Waals surface area contributed by atoms with Gasteiger partial charge in [0, 0.05) is 0 Å². The van der Waals surface area contributed by atoms with Gasteiger partial charge in [-0.2, -0.15) is 0 Å². The Hall–Kier alpha value is -0.860. The van der Waals surface area contributed by atoms with E-state index in [1.807, 2.05) is 0 Å². The van der Waals surface area contributed by atoms with E-state index >= 15 is 0 Å².